The first kappa shape index (κ1) is 9.73. The molecule has 0 heterocycles. The molecular weight excluding hydrogens is 174 g/mol. The molecule has 0 unspecified atom stereocenters. The van der Waals surface area contributed by atoms with Crippen LogP contribution in [0.15, 0.2) is 12.6 Å². The SMILES string of the molecule is [2H]C=CCN[C@@H](CCC(=O)O)C(=O)O. The molecule has 0 bridgehead atoms. The van der Waals surface area contributed by atoms with Crippen molar-refractivity contribution >= 4 is 11.9 Å². The molecule has 0 amide bonds. The zero-order valence-electron chi connectivity index (χ0n) is 8.06. The van der Waals surface area contributed by atoms with E-state index >= 15 is 0 Å². The lowest BCUT2D eigenvalue weighted by Crippen LogP contribution is -2.37. The molecule has 74 valence electrons. The maximum atomic E-state index is 10.6. The van der Waals surface area contributed by atoms with E-state index in [1.165, 1.54) is 6.08 Å². The third-order valence-corrected chi connectivity index (χ3v) is 1.43. The van der Waals surface area contributed by atoms with Gasteiger partial charge in [0, 0.05) is 13.0 Å². The first-order valence-electron chi connectivity index (χ1n) is 4.37. The molecule has 0 spiro atoms. The van der Waals surface area contributed by atoms with Crippen LogP contribution in [0.5, 0.6) is 0 Å². The van der Waals surface area contributed by atoms with Crippen LogP contribution in [0.4, 0.5) is 0 Å². The molecule has 0 aromatic carbocycles. The van der Waals surface area contributed by atoms with Gasteiger partial charge in [0.25, 0.3) is 0 Å². The van der Waals surface area contributed by atoms with Gasteiger partial charge in [-0.15, -0.1) is 6.55 Å². The molecule has 0 fully saturated rings. The summed E-state index contributed by atoms with van der Waals surface area (Å²) in [6.07, 6.45) is 1.29. The number of carboxylic acids is 2. The fourth-order valence-corrected chi connectivity index (χ4v) is 0.791. The predicted molar refractivity (Wildman–Crippen MR) is 46.5 cm³/mol. The summed E-state index contributed by atoms with van der Waals surface area (Å²) in [6, 6.07) is -0.873. The van der Waals surface area contributed by atoms with Gasteiger partial charge in [-0.05, 0) is 6.42 Å². The lowest BCUT2D eigenvalue weighted by Gasteiger charge is -2.10. The Morgan fingerprint density at radius 1 is 1.62 bits per heavy atom. The van der Waals surface area contributed by atoms with Crippen LogP contribution in [0, 0.1) is 0 Å². The van der Waals surface area contributed by atoms with Crippen LogP contribution in [0.1, 0.15) is 14.2 Å². The van der Waals surface area contributed by atoms with Crippen molar-refractivity contribution in [1.82, 2.24) is 5.32 Å². The standard InChI is InChI=1S/C8H13NO4/c1-2-5-9-6(8(12)13)3-4-7(10)11/h2,6,9H,1,3-5H2,(H,10,11)(H,12,13)/t6-/m0/s1/i1D. The Morgan fingerprint density at radius 2 is 2.31 bits per heavy atom. The number of hydrogen-bond donors (Lipinski definition) is 3. The van der Waals surface area contributed by atoms with E-state index in [9.17, 15) is 9.59 Å². The lowest BCUT2D eigenvalue weighted by molar-refractivity contribution is -0.140. The minimum atomic E-state index is -1.08. The van der Waals surface area contributed by atoms with Gasteiger partial charge in [-0.25, -0.2) is 0 Å². The predicted octanol–water partition coefficient (Wildman–Crippen LogP) is 0.0800. The second-order valence-corrected chi connectivity index (χ2v) is 2.47. The Bertz CT molecular complexity index is 229. The second kappa shape index (κ2) is 6.19. The van der Waals surface area contributed by atoms with Gasteiger partial charge in [0.1, 0.15) is 6.04 Å². The maximum absolute atomic E-state index is 10.6. The smallest absolute Gasteiger partial charge is 0.320 e. The van der Waals surface area contributed by atoms with Crippen molar-refractivity contribution < 1.29 is 21.2 Å². The maximum Gasteiger partial charge on any atom is 0.320 e. The van der Waals surface area contributed by atoms with E-state index < -0.39 is 18.0 Å². The van der Waals surface area contributed by atoms with Gasteiger partial charge >= 0.3 is 11.9 Å². The summed E-state index contributed by atoms with van der Waals surface area (Å²) >= 11 is 0. The van der Waals surface area contributed by atoms with Crippen molar-refractivity contribution in [2.24, 2.45) is 0 Å². The fourth-order valence-electron chi connectivity index (χ4n) is 0.791. The zero-order chi connectivity index (χ0) is 11.0. The summed E-state index contributed by atoms with van der Waals surface area (Å²) in [6.45, 7) is 1.29. The normalized spacial score (nSPS) is 14.0. The third-order valence-electron chi connectivity index (χ3n) is 1.43. The van der Waals surface area contributed by atoms with Crippen LogP contribution in [0.25, 0.3) is 0 Å². The van der Waals surface area contributed by atoms with Crippen LogP contribution in [0.2, 0.25) is 0 Å². The van der Waals surface area contributed by atoms with E-state index in [-0.39, 0.29) is 19.4 Å². The topological polar surface area (TPSA) is 86.6 Å². The quantitative estimate of drug-likeness (QED) is 0.492. The lowest BCUT2D eigenvalue weighted by atomic mass is 10.1. The van der Waals surface area contributed by atoms with Crippen molar-refractivity contribution in [3.63, 3.8) is 0 Å². The molecule has 1 atom stereocenters. The summed E-state index contributed by atoms with van der Waals surface area (Å²) in [5, 5.41) is 19.6. The van der Waals surface area contributed by atoms with E-state index in [0.717, 1.165) is 6.55 Å². The molecular formula is C8H13NO4. The molecule has 0 saturated carbocycles. The Kier molecular flexibility index (Phi) is 4.63. The zero-order valence-corrected chi connectivity index (χ0v) is 7.06. The van der Waals surface area contributed by atoms with Crippen LogP contribution in [0.3, 0.4) is 0 Å². The monoisotopic (exact) mass is 188 g/mol. The molecule has 3 N–H and O–H groups in total. The van der Waals surface area contributed by atoms with E-state index in [4.69, 9.17) is 11.6 Å². The Labute approximate surface area is 77.5 Å². The van der Waals surface area contributed by atoms with Crippen molar-refractivity contribution in [2.45, 2.75) is 18.9 Å². The van der Waals surface area contributed by atoms with Crippen molar-refractivity contribution in [2.75, 3.05) is 6.54 Å². The van der Waals surface area contributed by atoms with Gasteiger partial charge in [0.15, 0.2) is 0 Å². The molecule has 5 nitrogen and oxygen atoms in total. The Morgan fingerprint density at radius 3 is 2.77 bits per heavy atom. The summed E-state index contributed by atoms with van der Waals surface area (Å²) < 4.78 is 6.66. The minimum Gasteiger partial charge on any atom is -0.481 e. The highest BCUT2D eigenvalue weighted by Gasteiger charge is 2.16. The van der Waals surface area contributed by atoms with Crippen molar-refractivity contribution in [3.8, 4) is 0 Å². The molecule has 0 aliphatic rings. The van der Waals surface area contributed by atoms with Gasteiger partial charge in [-0.2, -0.15) is 0 Å². The van der Waals surface area contributed by atoms with Gasteiger partial charge in [-0.1, -0.05) is 6.08 Å². The Balaban J connectivity index is 3.89. The number of carboxylic acid groups (broad SMARTS) is 2. The molecule has 0 saturated heterocycles. The summed E-state index contributed by atoms with van der Waals surface area (Å²) in [5.41, 5.74) is 0. The number of aliphatic carboxylic acids is 2. The average Bonchev–Trinajstić information content (AvgIpc) is 2.10. The molecule has 0 aliphatic heterocycles. The highest BCUT2D eigenvalue weighted by molar-refractivity contribution is 5.75. The molecule has 0 rings (SSSR count). The summed E-state index contributed by atoms with van der Waals surface area (Å²) in [5.74, 6) is -2.10. The van der Waals surface area contributed by atoms with E-state index in [1.807, 2.05) is 0 Å². The molecule has 0 aromatic rings. The first-order chi connectivity index (χ1) is 6.57. The largest absolute Gasteiger partial charge is 0.481 e. The van der Waals surface area contributed by atoms with Gasteiger partial charge in [0.05, 0.1) is 1.37 Å². The summed E-state index contributed by atoms with van der Waals surface area (Å²) in [4.78, 5) is 20.8. The number of carbonyl (C=O) groups is 2. The second-order valence-electron chi connectivity index (χ2n) is 2.47. The van der Waals surface area contributed by atoms with Gasteiger partial charge in [-0.3, -0.25) is 9.59 Å². The van der Waals surface area contributed by atoms with E-state index in [0.29, 0.717) is 0 Å². The Hall–Kier alpha value is -1.36. The average molecular weight is 188 g/mol. The molecule has 0 aromatic heterocycles. The number of nitrogens with one attached hydrogen (secondary N) is 1. The molecule has 0 radical (unpaired) electrons. The first-order valence-corrected chi connectivity index (χ1v) is 3.79. The third kappa shape index (κ3) is 5.86. The van der Waals surface area contributed by atoms with Gasteiger partial charge in [0.2, 0.25) is 0 Å². The van der Waals surface area contributed by atoms with Crippen LogP contribution >= 0.6 is 0 Å². The van der Waals surface area contributed by atoms with E-state index in [1.54, 1.807) is 0 Å². The minimum absolute atomic E-state index is 0.0382. The van der Waals surface area contributed by atoms with Crippen LogP contribution < -0.4 is 5.32 Å². The van der Waals surface area contributed by atoms with E-state index in [2.05, 4.69) is 5.32 Å². The molecule has 5 heteroatoms. The number of hydrogen-bond acceptors (Lipinski definition) is 3. The highest BCUT2D eigenvalue weighted by Crippen LogP contribution is 1.97. The van der Waals surface area contributed by atoms with Crippen LogP contribution in [-0.4, -0.2) is 34.7 Å². The van der Waals surface area contributed by atoms with Crippen LogP contribution in [-0.2, 0) is 9.59 Å². The molecule has 0 aliphatic carbocycles. The van der Waals surface area contributed by atoms with Gasteiger partial charge < -0.3 is 15.5 Å². The molecule has 13 heavy (non-hydrogen) atoms. The highest BCUT2D eigenvalue weighted by atomic mass is 16.4. The number of rotatable bonds is 7. The van der Waals surface area contributed by atoms with Crippen molar-refractivity contribution in [3.05, 3.63) is 12.6 Å². The fraction of sp³-hybridized carbons (Fsp3) is 0.500. The summed E-state index contributed by atoms with van der Waals surface area (Å²) in [7, 11) is 0. The van der Waals surface area contributed by atoms with Crippen molar-refractivity contribution in [1.29, 1.82) is 0 Å².